The molecule has 36 heavy (non-hydrogen) atoms. The first kappa shape index (κ1) is 31.7. The summed E-state index contributed by atoms with van der Waals surface area (Å²) in [5, 5.41) is 0. The molecule has 0 radical (unpaired) electrons. The smallest absolute Gasteiger partial charge is 0.428 e. The second-order valence-corrected chi connectivity index (χ2v) is 6.95. The summed E-state index contributed by atoms with van der Waals surface area (Å²) in [5.74, 6) is -61.9. The first-order valence-corrected chi connectivity index (χ1v) is 8.32. The molecule has 0 aromatic heterocycles. The number of hydrogen-bond donors (Lipinski definition) is 0. The number of hydrogen-bond acceptors (Lipinski definition) is 1. The van der Waals surface area contributed by atoms with Crippen LogP contribution in [0.2, 0.25) is 0 Å². The van der Waals surface area contributed by atoms with Gasteiger partial charge in [0, 0.05) is 0 Å². The van der Waals surface area contributed by atoms with Gasteiger partial charge in [0.15, 0.2) is 0 Å². The Morgan fingerprint density at radius 1 is 0.417 bits per heavy atom. The van der Waals surface area contributed by atoms with Crippen LogP contribution in [0.4, 0.5) is 83.4 Å². The molecule has 1 aromatic rings. The first-order valence-electron chi connectivity index (χ1n) is 8.32. The molecule has 0 amide bonds. The Morgan fingerprint density at radius 2 is 0.694 bits per heavy atom. The number of alkyl halides is 19. The molecule has 1 nitrogen and oxygen atoms in total. The number of ether oxygens (including phenoxy) is 1. The van der Waals surface area contributed by atoms with Gasteiger partial charge in [0.1, 0.15) is 5.75 Å². The highest BCUT2D eigenvalue weighted by molar-refractivity contribution is 5.27. The summed E-state index contributed by atoms with van der Waals surface area (Å²) in [7, 11) is 0. The van der Waals surface area contributed by atoms with Gasteiger partial charge < -0.3 is 4.74 Å². The van der Waals surface area contributed by atoms with E-state index in [0.29, 0.717) is 12.1 Å². The Bertz CT molecular complexity index is 928. The number of halogens is 19. The minimum atomic E-state index is -8.95. The summed E-state index contributed by atoms with van der Waals surface area (Å²) >= 11 is 0. The fourth-order valence-electron chi connectivity index (χ4n) is 2.17. The molecule has 0 aliphatic carbocycles. The molecule has 20 heteroatoms. The minimum absolute atomic E-state index is 0.160. The van der Waals surface area contributed by atoms with Crippen LogP contribution in [-0.4, -0.2) is 53.7 Å². The summed E-state index contributed by atoms with van der Waals surface area (Å²) in [6.07, 6.45) is -14.9. The van der Waals surface area contributed by atoms with Crippen molar-refractivity contribution in [2.45, 2.75) is 60.7 Å². The van der Waals surface area contributed by atoms with Crippen LogP contribution in [0.15, 0.2) is 24.3 Å². The molecule has 0 aliphatic heterocycles. The third kappa shape index (κ3) is 4.16. The van der Waals surface area contributed by atoms with Gasteiger partial charge in [-0.3, -0.25) is 0 Å². The lowest BCUT2D eigenvalue weighted by atomic mass is 9.88. The van der Waals surface area contributed by atoms with Gasteiger partial charge in [-0.1, -0.05) is 17.7 Å². The van der Waals surface area contributed by atoms with E-state index in [0.717, 1.165) is 12.1 Å². The van der Waals surface area contributed by atoms with Crippen LogP contribution in [0.25, 0.3) is 0 Å². The Hall–Kier alpha value is -2.31. The Kier molecular flexibility index (Phi) is 7.36. The van der Waals surface area contributed by atoms with Crippen molar-refractivity contribution in [3.05, 3.63) is 29.8 Å². The maximum absolute atomic E-state index is 13.7. The number of rotatable bonds is 9. The lowest BCUT2D eigenvalue weighted by Gasteiger charge is -2.43. The van der Waals surface area contributed by atoms with Crippen molar-refractivity contribution in [2.75, 3.05) is 0 Å². The maximum atomic E-state index is 13.7. The van der Waals surface area contributed by atoms with Gasteiger partial charge >= 0.3 is 53.7 Å². The molecule has 0 fully saturated rings. The molecule has 0 saturated carbocycles. The summed E-state index contributed by atoms with van der Waals surface area (Å²) in [4.78, 5) is 0. The van der Waals surface area contributed by atoms with Crippen LogP contribution in [0.3, 0.4) is 0 Å². The van der Waals surface area contributed by atoms with Crippen LogP contribution in [0.5, 0.6) is 5.75 Å². The molecule has 0 heterocycles. The molecule has 1 aromatic carbocycles. The van der Waals surface area contributed by atoms with Crippen molar-refractivity contribution < 1.29 is 88.2 Å². The van der Waals surface area contributed by atoms with E-state index in [2.05, 4.69) is 4.74 Å². The first-order chi connectivity index (χ1) is 15.5. The Morgan fingerprint density at radius 3 is 1.00 bits per heavy atom. The van der Waals surface area contributed by atoms with E-state index in [1.165, 1.54) is 6.92 Å². The average Bonchev–Trinajstić information content (AvgIpc) is 2.67. The zero-order chi connectivity index (χ0) is 29.2. The van der Waals surface area contributed by atoms with Crippen LogP contribution >= 0.6 is 0 Å². The molecule has 0 aliphatic rings. The van der Waals surface area contributed by atoms with E-state index in [1.807, 2.05) is 0 Å². The van der Waals surface area contributed by atoms with E-state index in [1.54, 1.807) is 0 Å². The van der Waals surface area contributed by atoms with Crippen molar-refractivity contribution in [1.82, 2.24) is 0 Å². The predicted octanol–water partition coefficient (Wildman–Crippen LogP) is 7.98. The van der Waals surface area contributed by atoms with Gasteiger partial charge in [-0.05, 0) is 19.1 Å². The van der Waals surface area contributed by atoms with Gasteiger partial charge in [-0.15, -0.1) is 0 Å². The minimum Gasteiger partial charge on any atom is -0.428 e. The normalized spacial score (nSPS) is 15.8. The highest BCUT2D eigenvalue weighted by Crippen LogP contribution is 2.65. The molecular formula is C16H7F19O. The molecule has 0 N–H and O–H groups in total. The second kappa shape index (κ2) is 8.35. The van der Waals surface area contributed by atoms with Crippen molar-refractivity contribution >= 4 is 0 Å². The largest absolute Gasteiger partial charge is 0.471 e. The summed E-state index contributed by atoms with van der Waals surface area (Å²) in [5.41, 5.74) is 0.160. The third-order valence-electron chi connectivity index (χ3n) is 4.35. The van der Waals surface area contributed by atoms with Gasteiger partial charge in [0.05, 0.1) is 0 Å². The monoisotopic (exact) mass is 576 g/mol. The van der Waals surface area contributed by atoms with Crippen molar-refractivity contribution in [3.8, 4) is 5.75 Å². The van der Waals surface area contributed by atoms with Gasteiger partial charge in [0.25, 0.3) is 0 Å². The predicted molar refractivity (Wildman–Crippen MR) is 77.4 cm³/mol. The molecule has 1 rings (SSSR count). The summed E-state index contributed by atoms with van der Waals surface area (Å²) in [6.45, 7) is 1.23. The topological polar surface area (TPSA) is 9.23 Å². The highest BCUT2D eigenvalue weighted by Gasteiger charge is 2.97. The zero-order valence-electron chi connectivity index (χ0n) is 16.4. The number of aryl methyl sites for hydroxylation is 1. The fourth-order valence-corrected chi connectivity index (χ4v) is 2.17. The Balaban J connectivity index is 3.65. The summed E-state index contributed by atoms with van der Waals surface area (Å²) in [6, 6.07) is 2.12. The molecule has 0 atom stereocenters. The SMILES string of the molecule is Cc1ccc(OC(F)(F)C(F)(F)C(F)(F)C(F)(F)C(F)(F)C(F)(F)C(F)(F)C(F)(F)C(F)(F)F)cc1. The standard InChI is InChI=1S/C16H7F19O/c1-6-2-4-7(5-3-6)36-16(34,35)14(29,30)12(25,26)10(21,22)8(17,18)9(19,20)11(23,24)13(27,28)15(31,32)33/h2-5H,1H3. The zero-order valence-corrected chi connectivity index (χ0v) is 16.4. The average molecular weight is 576 g/mol. The molecule has 0 unspecified atom stereocenters. The van der Waals surface area contributed by atoms with Crippen LogP contribution in [0, 0.1) is 6.92 Å². The lowest BCUT2D eigenvalue weighted by Crippen LogP contribution is -2.76. The van der Waals surface area contributed by atoms with E-state index < -0.39 is 59.5 Å². The van der Waals surface area contributed by atoms with Crippen molar-refractivity contribution in [1.29, 1.82) is 0 Å². The van der Waals surface area contributed by atoms with Crippen LogP contribution in [0.1, 0.15) is 5.56 Å². The number of benzene rings is 1. The Labute approximate surface area is 185 Å². The molecular weight excluding hydrogens is 569 g/mol. The fraction of sp³-hybridized carbons (Fsp3) is 0.625. The van der Waals surface area contributed by atoms with Crippen LogP contribution in [-0.2, 0) is 0 Å². The third-order valence-corrected chi connectivity index (χ3v) is 4.35. The van der Waals surface area contributed by atoms with Crippen molar-refractivity contribution in [3.63, 3.8) is 0 Å². The summed E-state index contributed by atoms with van der Waals surface area (Å²) < 4.78 is 253. The van der Waals surface area contributed by atoms with E-state index in [9.17, 15) is 83.4 Å². The molecule has 0 saturated heterocycles. The quantitative estimate of drug-likeness (QED) is 0.271. The maximum Gasteiger partial charge on any atom is 0.471 e. The lowest BCUT2D eigenvalue weighted by molar-refractivity contribution is -0.476. The second-order valence-electron chi connectivity index (χ2n) is 6.95. The van der Waals surface area contributed by atoms with Gasteiger partial charge in [-0.25, -0.2) is 0 Å². The van der Waals surface area contributed by atoms with Gasteiger partial charge in [-0.2, -0.15) is 83.4 Å². The van der Waals surface area contributed by atoms with Gasteiger partial charge in [0.2, 0.25) is 0 Å². The molecule has 0 bridgehead atoms. The molecule has 210 valence electrons. The van der Waals surface area contributed by atoms with Crippen LogP contribution < -0.4 is 4.74 Å². The van der Waals surface area contributed by atoms with E-state index in [4.69, 9.17) is 0 Å². The molecule has 0 spiro atoms. The van der Waals surface area contributed by atoms with E-state index in [-0.39, 0.29) is 5.56 Å². The van der Waals surface area contributed by atoms with E-state index >= 15 is 0 Å². The van der Waals surface area contributed by atoms with Crippen molar-refractivity contribution in [2.24, 2.45) is 0 Å². The highest BCUT2D eigenvalue weighted by atomic mass is 19.4.